The van der Waals surface area contributed by atoms with E-state index in [-0.39, 0.29) is 16.7 Å². The normalized spacial score (nSPS) is 21.8. The molecule has 1 fully saturated rings. The first-order chi connectivity index (χ1) is 23.5. The Hall–Kier alpha value is -4.03. The van der Waals surface area contributed by atoms with Gasteiger partial charge in [0.1, 0.15) is 11.5 Å². The van der Waals surface area contributed by atoms with Gasteiger partial charge in [0.05, 0.1) is 32.4 Å². The molecule has 0 aromatic heterocycles. The van der Waals surface area contributed by atoms with Crippen molar-refractivity contribution in [2.24, 2.45) is 0 Å². The van der Waals surface area contributed by atoms with Crippen molar-refractivity contribution in [3.63, 3.8) is 0 Å². The van der Waals surface area contributed by atoms with Crippen molar-refractivity contribution in [2.45, 2.75) is 74.3 Å². The smallest absolute Gasteiger partial charge is 0.338 e. The standard InChI is InChI=1S/C38H43NO8S2/c1-6-8-24-29(39-49(43)38(3,4)5)30-31(44-34(40)26-18-12-9-13-19-26)32(45-35(41)27-20-14-10-15-21-27)33(37(47-30)48-25-7-2)46-36(42)28-22-16-11-17-23-28/h6-7,9-23,29-33,37,39H,1-2,8,24-25H2,3-5H3/t29-,30-,31+,32+,33-,37-,49-/m1/s1. The monoisotopic (exact) mass is 705 g/mol. The summed E-state index contributed by atoms with van der Waals surface area (Å²) >= 11 is 1.28. The van der Waals surface area contributed by atoms with Gasteiger partial charge in [-0.05, 0) is 70.0 Å². The van der Waals surface area contributed by atoms with Crippen molar-refractivity contribution in [1.29, 1.82) is 0 Å². The van der Waals surface area contributed by atoms with Gasteiger partial charge in [0.15, 0.2) is 18.3 Å². The van der Waals surface area contributed by atoms with Gasteiger partial charge in [-0.3, -0.25) is 0 Å². The van der Waals surface area contributed by atoms with Crippen LogP contribution in [0.1, 0.15) is 64.7 Å². The third kappa shape index (κ3) is 10.5. The highest BCUT2D eigenvalue weighted by Crippen LogP contribution is 2.37. The molecule has 7 atom stereocenters. The number of hydrogen-bond acceptors (Lipinski definition) is 9. The molecule has 1 aliphatic heterocycles. The number of ether oxygens (including phenoxy) is 4. The maximum atomic E-state index is 13.7. The molecule has 260 valence electrons. The molecule has 1 saturated heterocycles. The lowest BCUT2D eigenvalue weighted by Gasteiger charge is -2.47. The van der Waals surface area contributed by atoms with Gasteiger partial charge >= 0.3 is 17.9 Å². The van der Waals surface area contributed by atoms with Gasteiger partial charge in [0.2, 0.25) is 0 Å². The molecule has 0 amide bonds. The summed E-state index contributed by atoms with van der Waals surface area (Å²) in [5, 5.41) is 0. The zero-order valence-corrected chi connectivity index (χ0v) is 29.5. The number of carbonyl (C=O) groups excluding carboxylic acids is 3. The predicted molar refractivity (Wildman–Crippen MR) is 193 cm³/mol. The van der Waals surface area contributed by atoms with E-state index >= 15 is 0 Å². The molecule has 3 aromatic rings. The van der Waals surface area contributed by atoms with Gasteiger partial charge in [-0.25, -0.2) is 23.3 Å². The number of nitrogens with one attached hydrogen (secondary N) is 1. The lowest BCUT2D eigenvalue weighted by Crippen LogP contribution is -2.65. The van der Waals surface area contributed by atoms with Gasteiger partial charge in [0.25, 0.3) is 0 Å². The first-order valence-corrected chi connectivity index (χ1v) is 18.2. The molecule has 4 rings (SSSR count). The van der Waals surface area contributed by atoms with Crippen LogP contribution in [0.3, 0.4) is 0 Å². The van der Waals surface area contributed by atoms with E-state index in [2.05, 4.69) is 17.9 Å². The quantitative estimate of drug-likeness (QED) is 0.105. The molecule has 1 heterocycles. The molecule has 3 aromatic carbocycles. The summed E-state index contributed by atoms with van der Waals surface area (Å²) in [7, 11) is -1.57. The second-order valence-corrected chi connectivity index (χ2v) is 15.4. The molecule has 0 spiro atoms. The molecular formula is C38H43NO8S2. The van der Waals surface area contributed by atoms with Crippen LogP contribution in [-0.4, -0.2) is 68.5 Å². The van der Waals surface area contributed by atoms with Crippen molar-refractivity contribution in [1.82, 2.24) is 4.72 Å². The van der Waals surface area contributed by atoms with Crippen LogP contribution >= 0.6 is 11.8 Å². The zero-order valence-electron chi connectivity index (χ0n) is 27.9. The molecule has 0 bridgehead atoms. The summed E-state index contributed by atoms with van der Waals surface area (Å²) in [6, 6.07) is 24.4. The molecule has 1 aliphatic rings. The highest BCUT2D eigenvalue weighted by Gasteiger charge is 2.55. The minimum atomic E-state index is -1.57. The van der Waals surface area contributed by atoms with Crippen molar-refractivity contribution < 1.29 is 37.5 Å². The van der Waals surface area contributed by atoms with Crippen LogP contribution in [0.15, 0.2) is 116 Å². The maximum absolute atomic E-state index is 13.7. The summed E-state index contributed by atoms with van der Waals surface area (Å²) in [5.41, 5.74) is -0.136. The number of rotatable bonds is 15. The minimum absolute atomic E-state index is 0.247. The molecule has 0 unspecified atom stereocenters. The summed E-state index contributed by atoms with van der Waals surface area (Å²) in [5.74, 6) is -1.71. The predicted octanol–water partition coefficient (Wildman–Crippen LogP) is 6.69. The van der Waals surface area contributed by atoms with E-state index in [1.165, 1.54) is 11.8 Å². The Bertz CT molecular complexity index is 1580. The Balaban J connectivity index is 1.86. The van der Waals surface area contributed by atoms with Crippen molar-refractivity contribution in [2.75, 3.05) is 5.75 Å². The minimum Gasteiger partial charge on any atom is -0.452 e. The fraction of sp³-hybridized carbons (Fsp3) is 0.342. The van der Waals surface area contributed by atoms with E-state index < -0.39 is 69.5 Å². The highest BCUT2D eigenvalue weighted by atomic mass is 32.2. The third-order valence-electron chi connectivity index (χ3n) is 7.56. The fourth-order valence-electron chi connectivity index (χ4n) is 5.05. The van der Waals surface area contributed by atoms with E-state index in [1.54, 1.807) is 103 Å². The number of esters is 3. The van der Waals surface area contributed by atoms with Crippen molar-refractivity contribution in [3.8, 4) is 0 Å². The Morgan fingerprint density at radius 3 is 1.65 bits per heavy atom. The van der Waals surface area contributed by atoms with E-state index in [9.17, 15) is 18.6 Å². The lowest BCUT2D eigenvalue weighted by molar-refractivity contribution is -0.205. The molecule has 0 aliphatic carbocycles. The lowest BCUT2D eigenvalue weighted by atomic mass is 9.92. The summed E-state index contributed by atoms with van der Waals surface area (Å²) in [6.07, 6.45) is -0.604. The van der Waals surface area contributed by atoms with Gasteiger partial charge in [-0.15, -0.1) is 24.9 Å². The number of allylic oxidation sites excluding steroid dienone is 1. The third-order valence-corrected chi connectivity index (χ3v) is 10.3. The average Bonchev–Trinajstić information content (AvgIpc) is 3.11. The molecule has 49 heavy (non-hydrogen) atoms. The van der Waals surface area contributed by atoms with Gasteiger partial charge in [-0.1, -0.05) is 66.7 Å². The summed E-state index contributed by atoms with van der Waals surface area (Å²) in [4.78, 5) is 41.1. The van der Waals surface area contributed by atoms with E-state index in [4.69, 9.17) is 18.9 Å². The van der Waals surface area contributed by atoms with Crippen molar-refractivity contribution >= 4 is 40.7 Å². The molecule has 0 saturated carbocycles. The molecule has 0 radical (unpaired) electrons. The van der Waals surface area contributed by atoms with Crippen LogP contribution in [0.4, 0.5) is 0 Å². The largest absolute Gasteiger partial charge is 0.452 e. The molecule has 11 heteroatoms. The Morgan fingerprint density at radius 2 is 1.22 bits per heavy atom. The van der Waals surface area contributed by atoms with E-state index in [0.717, 1.165) is 0 Å². The Labute approximate surface area is 295 Å². The topological polar surface area (TPSA) is 117 Å². The highest BCUT2D eigenvalue weighted by molar-refractivity contribution is 7.99. The second kappa shape index (κ2) is 18.1. The zero-order chi connectivity index (χ0) is 35.4. The number of thioether (sulfide) groups is 1. The number of benzene rings is 3. The number of hydrogen-bond donors (Lipinski definition) is 1. The fourth-order valence-corrected chi connectivity index (χ4v) is 6.86. The summed E-state index contributed by atoms with van der Waals surface area (Å²) < 4.78 is 41.3. The van der Waals surface area contributed by atoms with Crippen LogP contribution in [0.25, 0.3) is 0 Å². The maximum Gasteiger partial charge on any atom is 0.338 e. The molecule has 9 nitrogen and oxygen atoms in total. The first kappa shape index (κ1) is 37.8. The molecule has 1 N–H and O–H groups in total. The first-order valence-electron chi connectivity index (χ1n) is 16.0. The van der Waals surface area contributed by atoms with E-state index in [1.807, 2.05) is 20.8 Å². The van der Waals surface area contributed by atoms with Gasteiger partial charge < -0.3 is 18.9 Å². The van der Waals surface area contributed by atoms with Gasteiger partial charge in [0, 0.05) is 11.8 Å². The van der Waals surface area contributed by atoms with Crippen molar-refractivity contribution in [3.05, 3.63) is 133 Å². The van der Waals surface area contributed by atoms with E-state index in [0.29, 0.717) is 18.6 Å². The summed E-state index contributed by atoms with van der Waals surface area (Å²) in [6.45, 7) is 13.2. The van der Waals surface area contributed by atoms with Crippen LogP contribution in [0.2, 0.25) is 0 Å². The second-order valence-electron chi connectivity index (χ2n) is 12.3. The Kier molecular flexibility index (Phi) is 14.0. The van der Waals surface area contributed by atoms with Crippen LogP contribution in [0, 0.1) is 0 Å². The van der Waals surface area contributed by atoms with Crippen LogP contribution in [-0.2, 0) is 29.9 Å². The SMILES string of the molecule is C=CCC[C@@H](N[S@](=O)C(C)(C)C)[C@H]1O[C@H](SCC=C)[C@H](OC(=O)c2ccccc2)[C@@H](OC(=O)c2ccccc2)[C@H]1OC(=O)c1ccccc1. The Morgan fingerprint density at radius 1 is 0.776 bits per heavy atom. The van der Waals surface area contributed by atoms with Crippen LogP contribution < -0.4 is 4.72 Å². The van der Waals surface area contributed by atoms with Gasteiger partial charge in [-0.2, -0.15) is 0 Å². The number of carbonyl (C=O) groups is 3. The molecular weight excluding hydrogens is 663 g/mol. The average molecular weight is 706 g/mol. The van der Waals surface area contributed by atoms with Crippen LogP contribution in [0.5, 0.6) is 0 Å².